The first-order valence-corrected chi connectivity index (χ1v) is 8.57. The number of hydrogen-bond acceptors (Lipinski definition) is 3. The number of hydrogen-bond donors (Lipinski definition) is 0. The van der Waals surface area contributed by atoms with Gasteiger partial charge in [-0.1, -0.05) is 23.7 Å². The first kappa shape index (κ1) is 16.2. The molecule has 0 unspecified atom stereocenters. The number of rotatable bonds is 5. The van der Waals surface area contributed by atoms with E-state index >= 15 is 0 Å². The van der Waals surface area contributed by atoms with E-state index in [0.717, 1.165) is 44.6 Å². The highest BCUT2D eigenvalue weighted by Gasteiger charge is 2.26. The smallest absolute Gasteiger partial charge is 0.167 e. The minimum atomic E-state index is 0.0587. The van der Waals surface area contributed by atoms with Gasteiger partial charge in [0.1, 0.15) is 0 Å². The number of likely N-dealkylation sites (tertiary alicyclic amines) is 1. The van der Waals surface area contributed by atoms with Crippen LogP contribution in [0.1, 0.15) is 35.7 Å². The Morgan fingerprint density at radius 3 is 3.04 bits per heavy atom. The van der Waals surface area contributed by atoms with Crippen LogP contribution in [0.25, 0.3) is 0 Å². The van der Waals surface area contributed by atoms with E-state index in [-0.39, 0.29) is 11.7 Å². The molecule has 0 aliphatic carbocycles. The van der Waals surface area contributed by atoms with Gasteiger partial charge in [0.2, 0.25) is 0 Å². The van der Waals surface area contributed by atoms with Gasteiger partial charge in [-0.2, -0.15) is 5.10 Å². The molecule has 1 saturated heterocycles. The van der Waals surface area contributed by atoms with Crippen molar-refractivity contribution in [3.63, 3.8) is 0 Å². The lowest BCUT2D eigenvalue weighted by Crippen LogP contribution is -2.38. The second kappa shape index (κ2) is 7.28. The quantitative estimate of drug-likeness (QED) is 0.785. The van der Waals surface area contributed by atoms with E-state index in [0.29, 0.717) is 5.02 Å². The zero-order valence-corrected chi connectivity index (χ0v) is 14.2. The minimum absolute atomic E-state index is 0.0587. The second-order valence-corrected chi connectivity index (χ2v) is 6.59. The van der Waals surface area contributed by atoms with Crippen molar-refractivity contribution in [2.75, 3.05) is 13.1 Å². The molecule has 0 radical (unpaired) electrons. The molecule has 1 aliphatic rings. The Morgan fingerprint density at radius 1 is 1.43 bits per heavy atom. The van der Waals surface area contributed by atoms with Crippen LogP contribution < -0.4 is 0 Å². The Hall–Kier alpha value is -1.65. The molecule has 1 fully saturated rings. The Morgan fingerprint density at radius 2 is 2.30 bits per heavy atom. The Labute approximate surface area is 142 Å². The number of benzene rings is 1. The number of piperidine rings is 1. The van der Waals surface area contributed by atoms with Gasteiger partial charge in [-0.15, -0.1) is 0 Å². The normalized spacial score (nSPS) is 19.0. The summed E-state index contributed by atoms with van der Waals surface area (Å²) in [5, 5.41) is 4.94. The van der Waals surface area contributed by atoms with Gasteiger partial charge in [-0.25, -0.2) is 0 Å². The number of carbonyl (C=O) groups is 1. The molecular weight excluding hydrogens is 310 g/mol. The SMILES string of the molecule is CCn1cc(CN2CCC[C@@H](C(=O)c3cccc(Cl)c3)C2)cn1. The number of aromatic nitrogens is 2. The number of nitrogens with zero attached hydrogens (tertiary/aromatic N) is 3. The van der Waals surface area contributed by atoms with Gasteiger partial charge in [-0.3, -0.25) is 14.4 Å². The fourth-order valence-corrected chi connectivity index (χ4v) is 3.40. The van der Waals surface area contributed by atoms with Crippen LogP contribution in [0.2, 0.25) is 5.02 Å². The molecule has 0 spiro atoms. The highest BCUT2D eigenvalue weighted by atomic mass is 35.5. The molecule has 1 aliphatic heterocycles. The molecule has 1 aromatic carbocycles. The number of aryl methyl sites for hydroxylation is 1. The van der Waals surface area contributed by atoms with E-state index in [4.69, 9.17) is 11.6 Å². The summed E-state index contributed by atoms with van der Waals surface area (Å²) in [5.74, 6) is 0.268. The molecule has 1 aromatic heterocycles. The molecule has 1 atom stereocenters. The number of ketones is 1. The summed E-state index contributed by atoms with van der Waals surface area (Å²) in [5.41, 5.74) is 1.94. The van der Waals surface area contributed by atoms with E-state index in [1.165, 1.54) is 5.56 Å². The van der Waals surface area contributed by atoms with Crippen LogP contribution in [-0.2, 0) is 13.1 Å². The van der Waals surface area contributed by atoms with Crippen LogP contribution in [0.3, 0.4) is 0 Å². The fourth-order valence-electron chi connectivity index (χ4n) is 3.21. The molecule has 122 valence electrons. The molecule has 23 heavy (non-hydrogen) atoms. The van der Waals surface area contributed by atoms with Crippen molar-refractivity contribution in [3.8, 4) is 0 Å². The average Bonchev–Trinajstić information content (AvgIpc) is 3.02. The Balaban J connectivity index is 1.64. The Kier molecular flexibility index (Phi) is 5.13. The summed E-state index contributed by atoms with van der Waals surface area (Å²) >= 11 is 6.01. The summed E-state index contributed by atoms with van der Waals surface area (Å²) in [6.07, 6.45) is 6.02. The maximum atomic E-state index is 12.7. The van der Waals surface area contributed by atoms with Crippen LogP contribution in [0, 0.1) is 5.92 Å². The predicted octanol–water partition coefficient (Wildman–Crippen LogP) is 3.65. The standard InChI is InChI=1S/C18H22ClN3O/c1-2-22-12-14(10-20-22)11-21-8-4-6-16(13-21)18(23)15-5-3-7-17(19)9-15/h3,5,7,9-10,12,16H,2,4,6,8,11,13H2,1H3/t16-/m1/s1. The molecule has 2 heterocycles. The summed E-state index contributed by atoms with van der Waals surface area (Å²) in [7, 11) is 0. The summed E-state index contributed by atoms with van der Waals surface area (Å²) in [6, 6.07) is 7.28. The van der Waals surface area contributed by atoms with Gasteiger partial charge in [0.25, 0.3) is 0 Å². The van der Waals surface area contributed by atoms with Crippen molar-refractivity contribution in [1.29, 1.82) is 0 Å². The molecule has 0 N–H and O–H groups in total. The summed E-state index contributed by atoms with van der Waals surface area (Å²) < 4.78 is 1.94. The third-order valence-corrected chi connectivity index (χ3v) is 4.64. The Bertz CT molecular complexity index is 682. The van der Waals surface area contributed by atoms with Crippen molar-refractivity contribution in [1.82, 2.24) is 14.7 Å². The number of Topliss-reactive ketones (excluding diaryl/α,β-unsaturated/α-hetero) is 1. The van der Waals surface area contributed by atoms with Crippen LogP contribution in [-0.4, -0.2) is 33.6 Å². The zero-order chi connectivity index (χ0) is 16.2. The third-order valence-electron chi connectivity index (χ3n) is 4.40. The van der Waals surface area contributed by atoms with Crippen LogP contribution in [0.15, 0.2) is 36.7 Å². The maximum absolute atomic E-state index is 12.7. The topological polar surface area (TPSA) is 38.1 Å². The van der Waals surface area contributed by atoms with Crippen molar-refractivity contribution in [2.24, 2.45) is 5.92 Å². The molecular formula is C18H22ClN3O. The minimum Gasteiger partial charge on any atom is -0.298 e. The summed E-state index contributed by atoms with van der Waals surface area (Å²) in [4.78, 5) is 15.1. The van der Waals surface area contributed by atoms with Gasteiger partial charge in [0.15, 0.2) is 5.78 Å². The monoisotopic (exact) mass is 331 g/mol. The maximum Gasteiger partial charge on any atom is 0.167 e. The van der Waals surface area contributed by atoms with Crippen molar-refractivity contribution in [3.05, 3.63) is 52.8 Å². The first-order valence-electron chi connectivity index (χ1n) is 8.19. The van der Waals surface area contributed by atoms with E-state index in [1.54, 1.807) is 12.1 Å². The van der Waals surface area contributed by atoms with E-state index in [9.17, 15) is 4.79 Å². The molecule has 0 saturated carbocycles. The number of halogens is 1. The fraction of sp³-hybridized carbons (Fsp3) is 0.444. The zero-order valence-electron chi connectivity index (χ0n) is 13.4. The number of carbonyl (C=O) groups excluding carboxylic acids is 1. The van der Waals surface area contributed by atoms with Gasteiger partial charge >= 0.3 is 0 Å². The highest BCUT2D eigenvalue weighted by molar-refractivity contribution is 6.31. The van der Waals surface area contributed by atoms with E-state index < -0.39 is 0 Å². The molecule has 5 heteroatoms. The second-order valence-electron chi connectivity index (χ2n) is 6.15. The van der Waals surface area contributed by atoms with Crippen LogP contribution >= 0.6 is 11.6 Å². The third kappa shape index (κ3) is 4.01. The lowest BCUT2D eigenvalue weighted by atomic mass is 9.90. The van der Waals surface area contributed by atoms with Crippen molar-refractivity contribution in [2.45, 2.75) is 32.9 Å². The lowest BCUT2D eigenvalue weighted by Gasteiger charge is -2.31. The van der Waals surface area contributed by atoms with E-state index in [1.807, 2.05) is 23.0 Å². The van der Waals surface area contributed by atoms with Gasteiger partial charge in [0, 0.05) is 47.9 Å². The van der Waals surface area contributed by atoms with E-state index in [2.05, 4.69) is 23.1 Å². The first-order chi connectivity index (χ1) is 11.2. The summed E-state index contributed by atoms with van der Waals surface area (Å²) in [6.45, 7) is 5.67. The van der Waals surface area contributed by atoms with Crippen LogP contribution in [0.5, 0.6) is 0 Å². The molecule has 2 aromatic rings. The van der Waals surface area contributed by atoms with Gasteiger partial charge in [-0.05, 0) is 38.4 Å². The van der Waals surface area contributed by atoms with Crippen molar-refractivity contribution < 1.29 is 4.79 Å². The van der Waals surface area contributed by atoms with Crippen molar-refractivity contribution >= 4 is 17.4 Å². The average molecular weight is 332 g/mol. The molecule has 0 amide bonds. The molecule has 3 rings (SSSR count). The lowest BCUT2D eigenvalue weighted by molar-refractivity contribution is 0.0811. The largest absolute Gasteiger partial charge is 0.298 e. The van der Waals surface area contributed by atoms with Crippen LogP contribution in [0.4, 0.5) is 0 Å². The predicted molar refractivity (Wildman–Crippen MR) is 91.7 cm³/mol. The molecule has 0 bridgehead atoms. The highest BCUT2D eigenvalue weighted by Crippen LogP contribution is 2.23. The van der Waals surface area contributed by atoms with Gasteiger partial charge in [0.05, 0.1) is 6.20 Å². The van der Waals surface area contributed by atoms with Gasteiger partial charge < -0.3 is 0 Å². The molecule has 4 nitrogen and oxygen atoms in total.